The number of aromatic nitrogens is 1. The van der Waals surface area contributed by atoms with Gasteiger partial charge in [0.15, 0.2) is 0 Å². The highest BCUT2D eigenvalue weighted by Gasteiger charge is 2.30. The van der Waals surface area contributed by atoms with Gasteiger partial charge >= 0.3 is 0 Å². The van der Waals surface area contributed by atoms with Crippen molar-refractivity contribution in [3.63, 3.8) is 0 Å². The molecule has 0 amide bonds. The van der Waals surface area contributed by atoms with Crippen LogP contribution in [0, 0.1) is 5.92 Å². The molecule has 2 aliphatic heterocycles. The van der Waals surface area contributed by atoms with Gasteiger partial charge in [-0.1, -0.05) is 26.0 Å². The van der Waals surface area contributed by atoms with Crippen LogP contribution < -0.4 is 4.74 Å². The number of ether oxygens (including phenoxy) is 1. The fraction of sp³-hybridized carbons (Fsp3) is 0.529. The molecular weight excluding hydrogens is 248 g/mol. The average molecular weight is 270 g/mol. The predicted molar refractivity (Wildman–Crippen MR) is 81.2 cm³/mol. The van der Waals surface area contributed by atoms with Gasteiger partial charge in [-0.25, -0.2) is 0 Å². The molecule has 3 heterocycles. The Hall–Kier alpha value is -1.48. The van der Waals surface area contributed by atoms with E-state index < -0.39 is 0 Å². The molecule has 0 saturated heterocycles. The van der Waals surface area contributed by atoms with Crippen molar-refractivity contribution >= 4 is 10.9 Å². The third-order valence-corrected chi connectivity index (χ3v) is 4.81. The van der Waals surface area contributed by atoms with Crippen molar-refractivity contribution in [3.05, 3.63) is 29.5 Å². The van der Waals surface area contributed by atoms with Gasteiger partial charge in [0.1, 0.15) is 11.9 Å². The molecule has 0 saturated carbocycles. The van der Waals surface area contributed by atoms with Crippen LogP contribution in [0.15, 0.2) is 18.2 Å². The first-order valence-electron chi connectivity index (χ1n) is 7.63. The minimum Gasteiger partial charge on any atom is -0.486 e. The van der Waals surface area contributed by atoms with E-state index >= 15 is 0 Å². The highest BCUT2D eigenvalue weighted by molar-refractivity contribution is 5.91. The Morgan fingerprint density at radius 3 is 2.95 bits per heavy atom. The molecule has 1 aromatic heterocycles. The van der Waals surface area contributed by atoms with Gasteiger partial charge in [0.2, 0.25) is 0 Å². The van der Waals surface area contributed by atoms with E-state index in [-0.39, 0.29) is 0 Å². The number of hydrogen-bond donors (Lipinski definition) is 0. The summed E-state index contributed by atoms with van der Waals surface area (Å²) in [6.45, 7) is 7.73. The molecule has 0 N–H and O–H groups in total. The highest BCUT2D eigenvalue weighted by Crippen LogP contribution is 2.39. The first kappa shape index (κ1) is 12.3. The van der Waals surface area contributed by atoms with Crippen LogP contribution in [0.1, 0.15) is 25.1 Å². The van der Waals surface area contributed by atoms with E-state index in [0.717, 1.165) is 31.8 Å². The summed E-state index contributed by atoms with van der Waals surface area (Å²) in [5.74, 6) is 1.62. The van der Waals surface area contributed by atoms with Crippen LogP contribution in [0.2, 0.25) is 0 Å². The number of benzene rings is 1. The lowest BCUT2D eigenvalue weighted by Gasteiger charge is -2.30. The lowest BCUT2D eigenvalue weighted by atomic mass is 10.1. The van der Waals surface area contributed by atoms with Gasteiger partial charge in [-0.15, -0.1) is 0 Å². The fourth-order valence-electron chi connectivity index (χ4n) is 3.63. The van der Waals surface area contributed by atoms with Gasteiger partial charge in [-0.3, -0.25) is 0 Å². The predicted octanol–water partition coefficient (Wildman–Crippen LogP) is 3.05. The fourth-order valence-corrected chi connectivity index (χ4v) is 3.63. The van der Waals surface area contributed by atoms with Gasteiger partial charge in [0.25, 0.3) is 0 Å². The maximum Gasteiger partial charge on any atom is 0.144 e. The number of nitrogens with zero attached hydrogens (tertiary/aromatic N) is 2. The van der Waals surface area contributed by atoms with Crippen molar-refractivity contribution in [2.24, 2.45) is 5.92 Å². The van der Waals surface area contributed by atoms with E-state index in [1.165, 1.54) is 16.5 Å². The first-order chi connectivity index (χ1) is 9.65. The van der Waals surface area contributed by atoms with Gasteiger partial charge in [0, 0.05) is 30.6 Å². The SMILES string of the molecule is CC(C)C1Cn2c3c(c4cccc(c42)O1)CN(C)CC3. The number of fused-ring (bicyclic) bond motifs is 3. The van der Waals surface area contributed by atoms with E-state index in [9.17, 15) is 0 Å². The molecule has 3 heteroatoms. The molecule has 1 atom stereocenters. The summed E-state index contributed by atoms with van der Waals surface area (Å²) < 4.78 is 8.78. The molecule has 2 aromatic rings. The average Bonchev–Trinajstić information content (AvgIpc) is 2.75. The van der Waals surface area contributed by atoms with Crippen molar-refractivity contribution in [2.45, 2.75) is 39.5 Å². The number of hydrogen-bond acceptors (Lipinski definition) is 2. The molecule has 0 bridgehead atoms. The third-order valence-electron chi connectivity index (χ3n) is 4.81. The molecule has 0 spiro atoms. The Bertz CT molecular complexity index is 671. The van der Waals surface area contributed by atoms with E-state index in [1.54, 1.807) is 5.69 Å². The van der Waals surface area contributed by atoms with E-state index in [0.29, 0.717) is 12.0 Å². The third kappa shape index (κ3) is 1.62. The Kier molecular flexibility index (Phi) is 2.61. The molecule has 1 unspecified atom stereocenters. The van der Waals surface area contributed by atoms with Gasteiger partial charge in [-0.05, 0) is 24.6 Å². The maximum absolute atomic E-state index is 6.24. The molecule has 0 radical (unpaired) electrons. The van der Waals surface area contributed by atoms with Crippen molar-refractivity contribution in [1.29, 1.82) is 0 Å². The summed E-state index contributed by atoms with van der Waals surface area (Å²) in [6, 6.07) is 6.52. The zero-order valence-electron chi connectivity index (χ0n) is 12.5. The van der Waals surface area contributed by atoms with Crippen molar-refractivity contribution in [3.8, 4) is 5.75 Å². The van der Waals surface area contributed by atoms with Gasteiger partial charge < -0.3 is 14.2 Å². The Balaban J connectivity index is 1.95. The Labute approximate surface area is 120 Å². The lowest BCUT2D eigenvalue weighted by Crippen LogP contribution is -2.34. The van der Waals surface area contributed by atoms with Crippen LogP contribution in [0.25, 0.3) is 10.9 Å². The van der Waals surface area contributed by atoms with Crippen LogP contribution in [0.5, 0.6) is 5.75 Å². The van der Waals surface area contributed by atoms with Crippen LogP contribution in [0.4, 0.5) is 0 Å². The molecule has 2 aliphatic rings. The summed E-state index contributed by atoms with van der Waals surface area (Å²) in [4.78, 5) is 2.41. The normalized spacial score (nSPS) is 22.1. The summed E-state index contributed by atoms with van der Waals surface area (Å²) in [5, 5.41) is 1.39. The standard InChI is InChI=1S/C17H22N2O/c1-11(2)16-10-19-14-7-8-18(3)9-13(14)12-5-4-6-15(20-16)17(12)19/h4-6,11,16H,7-10H2,1-3H3. The number of para-hydroxylation sites is 1. The van der Waals surface area contributed by atoms with E-state index in [2.05, 4.69) is 48.6 Å². The number of likely N-dealkylation sites (N-methyl/N-ethyl adjacent to an activating group) is 1. The molecule has 3 nitrogen and oxygen atoms in total. The second-order valence-corrected chi connectivity index (χ2v) is 6.58. The van der Waals surface area contributed by atoms with Crippen molar-refractivity contribution in [1.82, 2.24) is 9.47 Å². The smallest absolute Gasteiger partial charge is 0.144 e. The second-order valence-electron chi connectivity index (χ2n) is 6.58. The summed E-state index contributed by atoms with van der Waals surface area (Å²) >= 11 is 0. The van der Waals surface area contributed by atoms with Crippen LogP contribution in [0.3, 0.4) is 0 Å². The summed E-state index contributed by atoms with van der Waals surface area (Å²) in [5.41, 5.74) is 4.38. The summed E-state index contributed by atoms with van der Waals surface area (Å²) in [6.07, 6.45) is 1.45. The molecule has 4 rings (SSSR count). The first-order valence-corrected chi connectivity index (χ1v) is 7.63. The van der Waals surface area contributed by atoms with E-state index in [1.807, 2.05) is 0 Å². The molecule has 20 heavy (non-hydrogen) atoms. The minimum absolute atomic E-state index is 0.296. The van der Waals surface area contributed by atoms with Gasteiger partial charge in [0.05, 0.1) is 12.1 Å². The topological polar surface area (TPSA) is 17.4 Å². The summed E-state index contributed by atoms with van der Waals surface area (Å²) in [7, 11) is 2.21. The monoisotopic (exact) mass is 270 g/mol. The molecule has 1 aromatic carbocycles. The number of rotatable bonds is 1. The molecule has 106 valence electrons. The largest absolute Gasteiger partial charge is 0.486 e. The zero-order valence-corrected chi connectivity index (χ0v) is 12.5. The van der Waals surface area contributed by atoms with Crippen LogP contribution in [-0.4, -0.2) is 29.2 Å². The Morgan fingerprint density at radius 2 is 2.15 bits per heavy atom. The zero-order chi connectivity index (χ0) is 13.9. The lowest BCUT2D eigenvalue weighted by molar-refractivity contribution is 0.122. The van der Waals surface area contributed by atoms with Crippen molar-refractivity contribution in [2.75, 3.05) is 13.6 Å². The second kappa shape index (κ2) is 4.26. The maximum atomic E-state index is 6.24. The quantitative estimate of drug-likeness (QED) is 0.792. The molecule has 0 fully saturated rings. The van der Waals surface area contributed by atoms with Crippen molar-refractivity contribution < 1.29 is 4.74 Å². The highest BCUT2D eigenvalue weighted by atomic mass is 16.5. The Morgan fingerprint density at radius 1 is 1.30 bits per heavy atom. The van der Waals surface area contributed by atoms with E-state index in [4.69, 9.17) is 4.74 Å². The van der Waals surface area contributed by atoms with Crippen LogP contribution >= 0.6 is 0 Å². The molecular formula is C17H22N2O. The van der Waals surface area contributed by atoms with Gasteiger partial charge in [-0.2, -0.15) is 0 Å². The molecule has 0 aliphatic carbocycles. The van der Waals surface area contributed by atoms with Crippen LogP contribution in [-0.2, 0) is 19.5 Å². The minimum atomic E-state index is 0.296.